The van der Waals surface area contributed by atoms with Gasteiger partial charge in [0.2, 0.25) is 0 Å². The van der Waals surface area contributed by atoms with Crippen LogP contribution in [0.15, 0.2) is 78.9 Å². The summed E-state index contributed by atoms with van der Waals surface area (Å²) in [5.74, 6) is -0.0603. The van der Waals surface area contributed by atoms with E-state index in [0.29, 0.717) is 5.56 Å². The summed E-state index contributed by atoms with van der Waals surface area (Å²) in [6.45, 7) is 0. The molecule has 1 unspecified atom stereocenters. The lowest BCUT2D eigenvalue weighted by atomic mass is 10.0. The standard InChI is InChI=1S/C22H22N4O/c1-25(2)18-14-12-16(13-15-18)21-23-20-11-7-6-10-19(20)22(27)26(21)24-17-8-4-3-5-9-17/h3-15,21,23-24H,1-2H3. The zero-order chi connectivity index (χ0) is 18.8. The molecular weight excluding hydrogens is 336 g/mol. The van der Waals surface area contributed by atoms with E-state index in [1.807, 2.05) is 80.8 Å². The minimum atomic E-state index is -0.316. The van der Waals surface area contributed by atoms with Gasteiger partial charge in [-0.1, -0.05) is 42.5 Å². The van der Waals surface area contributed by atoms with E-state index in [0.717, 1.165) is 22.6 Å². The van der Waals surface area contributed by atoms with Gasteiger partial charge in [-0.2, -0.15) is 0 Å². The Balaban J connectivity index is 1.73. The Morgan fingerprint density at radius 1 is 0.889 bits per heavy atom. The number of para-hydroxylation sites is 2. The average molecular weight is 358 g/mol. The minimum absolute atomic E-state index is 0.0603. The fraction of sp³-hybridized carbons (Fsp3) is 0.136. The van der Waals surface area contributed by atoms with Crippen LogP contribution < -0.4 is 15.6 Å². The van der Waals surface area contributed by atoms with Crippen molar-refractivity contribution in [1.82, 2.24) is 5.01 Å². The Hall–Kier alpha value is -3.47. The average Bonchev–Trinajstić information content (AvgIpc) is 2.71. The van der Waals surface area contributed by atoms with E-state index in [1.165, 1.54) is 0 Å². The largest absolute Gasteiger partial charge is 0.378 e. The number of nitrogens with one attached hydrogen (secondary N) is 2. The number of anilines is 3. The van der Waals surface area contributed by atoms with Crippen molar-refractivity contribution in [1.29, 1.82) is 0 Å². The van der Waals surface area contributed by atoms with Crippen molar-refractivity contribution in [2.75, 3.05) is 29.7 Å². The number of hydrazine groups is 1. The van der Waals surface area contributed by atoms with Crippen LogP contribution in [0.3, 0.4) is 0 Å². The zero-order valence-electron chi connectivity index (χ0n) is 15.4. The van der Waals surface area contributed by atoms with Gasteiger partial charge in [-0.3, -0.25) is 10.2 Å². The van der Waals surface area contributed by atoms with Gasteiger partial charge in [-0.25, -0.2) is 5.01 Å². The first-order valence-electron chi connectivity index (χ1n) is 8.91. The molecule has 1 aliphatic rings. The summed E-state index contributed by atoms with van der Waals surface area (Å²) in [6, 6.07) is 25.5. The number of amides is 1. The zero-order valence-corrected chi connectivity index (χ0v) is 15.4. The quantitative estimate of drug-likeness (QED) is 0.728. The molecule has 2 N–H and O–H groups in total. The molecule has 0 spiro atoms. The first-order valence-corrected chi connectivity index (χ1v) is 8.91. The molecule has 1 aliphatic heterocycles. The van der Waals surface area contributed by atoms with Crippen LogP contribution in [0.4, 0.5) is 17.1 Å². The predicted octanol–water partition coefficient (Wildman–Crippen LogP) is 4.35. The molecule has 0 fully saturated rings. The van der Waals surface area contributed by atoms with Crippen molar-refractivity contribution in [2.45, 2.75) is 6.17 Å². The van der Waals surface area contributed by atoms with Crippen molar-refractivity contribution in [2.24, 2.45) is 0 Å². The molecule has 1 atom stereocenters. The predicted molar refractivity (Wildman–Crippen MR) is 110 cm³/mol. The molecule has 0 saturated carbocycles. The smallest absolute Gasteiger partial charge is 0.276 e. The summed E-state index contributed by atoms with van der Waals surface area (Å²) in [5.41, 5.74) is 7.75. The van der Waals surface area contributed by atoms with Crippen LogP contribution in [0, 0.1) is 0 Å². The van der Waals surface area contributed by atoms with Gasteiger partial charge in [0, 0.05) is 25.5 Å². The van der Waals surface area contributed by atoms with Crippen LogP contribution in [0.1, 0.15) is 22.1 Å². The lowest BCUT2D eigenvalue weighted by Gasteiger charge is -2.38. The third-order valence-corrected chi connectivity index (χ3v) is 4.68. The number of carbonyl (C=O) groups is 1. The van der Waals surface area contributed by atoms with E-state index in [-0.39, 0.29) is 12.1 Å². The second-order valence-corrected chi connectivity index (χ2v) is 6.73. The molecule has 1 amide bonds. The fourth-order valence-electron chi connectivity index (χ4n) is 3.21. The summed E-state index contributed by atoms with van der Waals surface area (Å²) < 4.78 is 0. The maximum Gasteiger partial charge on any atom is 0.276 e. The van der Waals surface area contributed by atoms with E-state index in [4.69, 9.17) is 0 Å². The maximum absolute atomic E-state index is 13.2. The second-order valence-electron chi connectivity index (χ2n) is 6.73. The molecule has 0 radical (unpaired) electrons. The molecule has 5 nitrogen and oxygen atoms in total. The highest BCUT2D eigenvalue weighted by Gasteiger charge is 2.33. The highest BCUT2D eigenvalue weighted by atomic mass is 16.2. The Morgan fingerprint density at radius 2 is 1.56 bits per heavy atom. The molecule has 3 aromatic rings. The molecule has 0 aliphatic carbocycles. The SMILES string of the molecule is CN(C)c1ccc(C2Nc3ccccc3C(=O)N2Nc2ccccc2)cc1. The van der Waals surface area contributed by atoms with Crippen molar-refractivity contribution >= 4 is 23.0 Å². The van der Waals surface area contributed by atoms with Crippen LogP contribution in [-0.4, -0.2) is 25.0 Å². The van der Waals surface area contributed by atoms with Gasteiger partial charge >= 0.3 is 0 Å². The van der Waals surface area contributed by atoms with Crippen LogP contribution in [0.25, 0.3) is 0 Å². The molecule has 1 heterocycles. The summed E-state index contributed by atoms with van der Waals surface area (Å²) in [4.78, 5) is 15.2. The lowest BCUT2D eigenvalue weighted by molar-refractivity contribution is 0.0733. The topological polar surface area (TPSA) is 47.6 Å². The van der Waals surface area contributed by atoms with Gasteiger partial charge < -0.3 is 10.2 Å². The van der Waals surface area contributed by atoms with Crippen molar-refractivity contribution in [3.05, 3.63) is 90.0 Å². The third kappa shape index (κ3) is 3.31. The highest BCUT2D eigenvalue weighted by molar-refractivity contribution is 6.02. The Morgan fingerprint density at radius 3 is 2.26 bits per heavy atom. The number of rotatable bonds is 4. The summed E-state index contributed by atoms with van der Waals surface area (Å²) >= 11 is 0. The number of hydrogen-bond acceptors (Lipinski definition) is 4. The van der Waals surface area contributed by atoms with Crippen molar-refractivity contribution in [3.8, 4) is 0 Å². The molecular formula is C22H22N4O. The van der Waals surface area contributed by atoms with Gasteiger partial charge in [-0.05, 0) is 42.0 Å². The third-order valence-electron chi connectivity index (χ3n) is 4.68. The number of benzene rings is 3. The summed E-state index contributed by atoms with van der Waals surface area (Å²) in [6.07, 6.45) is -0.316. The van der Waals surface area contributed by atoms with Gasteiger partial charge in [0.1, 0.15) is 6.17 Å². The first-order chi connectivity index (χ1) is 13.1. The Labute approximate surface area is 159 Å². The monoisotopic (exact) mass is 358 g/mol. The van der Waals surface area contributed by atoms with Crippen molar-refractivity contribution < 1.29 is 4.79 Å². The second kappa shape index (κ2) is 7.03. The molecule has 0 saturated heterocycles. The number of nitrogens with zero attached hydrogens (tertiary/aromatic N) is 2. The van der Waals surface area contributed by atoms with Crippen LogP contribution in [0.2, 0.25) is 0 Å². The Kier molecular flexibility index (Phi) is 4.42. The molecule has 3 aromatic carbocycles. The molecule has 4 rings (SSSR count). The van der Waals surface area contributed by atoms with E-state index in [9.17, 15) is 4.79 Å². The Bertz CT molecular complexity index is 938. The van der Waals surface area contributed by atoms with Crippen LogP contribution in [0.5, 0.6) is 0 Å². The van der Waals surface area contributed by atoms with Crippen LogP contribution >= 0.6 is 0 Å². The van der Waals surface area contributed by atoms with E-state index >= 15 is 0 Å². The number of carbonyl (C=O) groups excluding carboxylic acids is 1. The molecule has 5 heteroatoms. The highest BCUT2D eigenvalue weighted by Crippen LogP contribution is 2.33. The van der Waals surface area contributed by atoms with Gasteiger partial charge in [0.25, 0.3) is 5.91 Å². The molecule has 136 valence electrons. The van der Waals surface area contributed by atoms with Gasteiger partial charge in [0.05, 0.1) is 11.3 Å². The molecule has 0 bridgehead atoms. The molecule has 0 aromatic heterocycles. The fourth-order valence-corrected chi connectivity index (χ4v) is 3.21. The maximum atomic E-state index is 13.2. The number of hydrogen-bond donors (Lipinski definition) is 2. The van der Waals surface area contributed by atoms with Crippen molar-refractivity contribution in [3.63, 3.8) is 0 Å². The first kappa shape index (κ1) is 17.0. The van der Waals surface area contributed by atoms with Gasteiger partial charge in [-0.15, -0.1) is 0 Å². The lowest BCUT2D eigenvalue weighted by Crippen LogP contribution is -2.46. The summed E-state index contributed by atoms with van der Waals surface area (Å²) in [5, 5.41) is 5.15. The summed E-state index contributed by atoms with van der Waals surface area (Å²) in [7, 11) is 4.02. The molecule has 27 heavy (non-hydrogen) atoms. The van der Waals surface area contributed by atoms with E-state index in [2.05, 4.69) is 27.8 Å². The number of fused-ring (bicyclic) bond motifs is 1. The normalized spacial score (nSPS) is 15.7. The van der Waals surface area contributed by atoms with E-state index < -0.39 is 0 Å². The van der Waals surface area contributed by atoms with Crippen LogP contribution in [-0.2, 0) is 0 Å². The van der Waals surface area contributed by atoms with E-state index in [1.54, 1.807) is 5.01 Å². The van der Waals surface area contributed by atoms with Gasteiger partial charge in [0.15, 0.2) is 0 Å². The minimum Gasteiger partial charge on any atom is -0.378 e.